The van der Waals surface area contributed by atoms with Gasteiger partial charge in [-0.1, -0.05) is 82.5 Å². The average Bonchev–Trinajstić information content (AvgIpc) is 3.23. The van der Waals surface area contributed by atoms with E-state index in [1.54, 1.807) is 17.0 Å². The predicted molar refractivity (Wildman–Crippen MR) is 116 cm³/mol. The number of hydrogen-bond donors (Lipinski definition) is 0. The van der Waals surface area contributed by atoms with E-state index >= 15 is 0 Å². The first-order chi connectivity index (χ1) is 13.0. The fraction of sp³-hybridized carbons (Fsp3) is 0.0526. The fourth-order valence-electron chi connectivity index (χ4n) is 2.64. The third-order valence-electron chi connectivity index (χ3n) is 3.91. The van der Waals surface area contributed by atoms with Gasteiger partial charge in [0.15, 0.2) is 5.13 Å². The number of carbonyl (C=O) groups is 1. The summed E-state index contributed by atoms with van der Waals surface area (Å²) in [6.07, 6.45) is 0. The molecule has 0 aliphatic rings. The molecule has 27 heavy (non-hydrogen) atoms. The molecule has 1 amide bonds. The van der Waals surface area contributed by atoms with Crippen LogP contribution in [0.25, 0.3) is 10.2 Å². The van der Waals surface area contributed by atoms with E-state index in [1.165, 1.54) is 22.7 Å². The molecule has 3 nitrogen and oxygen atoms in total. The van der Waals surface area contributed by atoms with E-state index in [0.717, 1.165) is 10.3 Å². The van der Waals surface area contributed by atoms with Gasteiger partial charge in [-0.05, 0) is 23.8 Å². The molecule has 2 aromatic carbocycles. The Morgan fingerprint density at radius 1 is 1.00 bits per heavy atom. The van der Waals surface area contributed by atoms with Crippen LogP contribution in [0, 0.1) is 0 Å². The molecule has 8 heteroatoms. The maximum atomic E-state index is 13.3. The standard InChI is InChI=1S/C19H11Cl3N2OS2/c20-13-7-4-8-14-16(13)23-19(26-14)24(10-11-5-2-1-3-6-11)18(25)12-9-15(21)27-17(12)22/h1-9H,10H2. The molecule has 0 N–H and O–H groups in total. The quantitative estimate of drug-likeness (QED) is 0.328. The third kappa shape index (κ3) is 3.84. The number of halogens is 3. The van der Waals surface area contributed by atoms with Crippen LogP contribution in [0.15, 0.2) is 54.6 Å². The minimum Gasteiger partial charge on any atom is -0.279 e. The van der Waals surface area contributed by atoms with Crippen molar-refractivity contribution in [3.05, 3.63) is 79.4 Å². The van der Waals surface area contributed by atoms with Gasteiger partial charge in [0.25, 0.3) is 5.91 Å². The van der Waals surface area contributed by atoms with Gasteiger partial charge in [-0.2, -0.15) is 0 Å². The summed E-state index contributed by atoms with van der Waals surface area (Å²) in [6, 6.07) is 16.9. The second kappa shape index (κ2) is 7.78. The minimum absolute atomic E-state index is 0.248. The van der Waals surface area contributed by atoms with Gasteiger partial charge in [0.05, 0.1) is 26.2 Å². The van der Waals surface area contributed by atoms with E-state index in [4.69, 9.17) is 34.8 Å². The molecular weight excluding hydrogens is 443 g/mol. The molecule has 0 saturated carbocycles. The lowest BCUT2D eigenvalue weighted by Gasteiger charge is -2.19. The number of anilines is 1. The van der Waals surface area contributed by atoms with Crippen molar-refractivity contribution in [2.24, 2.45) is 0 Å². The summed E-state index contributed by atoms with van der Waals surface area (Å²) in [6.45, 7) is 0.362. The van der Waals surface area contributed by atoms with E-state index in [0.29, 0.717) is 36.5 Å². The Labute approximate surface area is 178 Å². The number of thiazole rings is 1. The number of fused-ring (bicyclic) bond motifs is 1. The van der Waals surface area contributed by atoms with Gasteiger partial charge in [0.1, 0.15) is 9.85 Å². The Morgan fingerprint density at radius 2 is 1.78 bits per heavy atom. The van der Waals surface area contributed by atoms with Gasteiger partial charge >= 0.3 is 0 Å². The largest absolute Gasteiger partial charge is 0.279 e. The van der Waals surface area contributed by atoms with Crippen LogP contribution >= 0.6 is 57.5 Å². The van der Waals surface area contributed by atoms with Crippen LogP contribution in [0.2, 0.25) is 13.7 Å². The van der Waals surface area contributed by atoms with Gasteiger partial charge in [-0.15, -0.1) is 11.3 Å². The molecule has 4 aromatic rings. The van der Waals surface area contributed by atoms with Crippen molar-refractivity contribution in [1.82, 2.24) is 4.98 Å². The Hall–Kier alpha value is -1.63. The summed E-state index contributed by atoms with van der Waals surface area (Å²) in [5.41, 5.74) is 2.03. The molecule has 4 rings (SSSR count). The zero-order valence-electron chi connectivity index (χ0n) is 13.7. The zero-order chi connectivity index (χ0) is 19.0. The van der Waals surface area contributed by atoms with Crippen molar-refractivity contribution in [3.63, 3.8) is 0 Å². The van der Waals surface area contributed by atoms with Crippen molar-refractivity contribution in [2.75, 3.05) is 4.90 Å². The highest BCUT2D eigenvalue weighted by molar-refractivity contribution is 7.22. The summed E-state index contributed by atoms with van der Waals surface area (Å²) in [5, 5.41) is 1.11. The number of hydrogen-bond acceptors (Lipinski definition) is 4. The number of carbonyl (C=O) groups excluding carboxylic acids is 1. The summed E-state index contributed by atoms with van der Waals surface area (Å²) < 4.78 is 1.75. The van der Waals surface area contributed by atoms with Gasteiger partial charge < -0.3 is 0 Å². The monoisotopic (exact) mass is 452 g/mol. The van der Waals surface area contributed by atoms with Crippen molar-refractivity contribution >= 4 is 78.7 Å². The summed E-state index contributed by atoms with van der Waals surface area (Å²) in [4.78, 5) is 19.5. The van der Waals surface area contributed by atoms with Gasteiger partial charge in [-0.3, -0.25) is 9.69 Å². The van der Waals surface area contributed by atoms with Gasteiger partial charge in [0, 0.05) is 0 Å². The molecule has 0 unspecified atom stereocenters. The molecule has 2 aromatic heterocycles. The molecule has 0 aliphatic carbocycles. The molecule has 0 radical (unpaired) electrons. The maximum absolute atomic E-state index is 13.3. The van der Waals surface area contributed by atoms with Crippen LogP contribution < -0.4 is 4.90 Å². The smallest absolute Gasteiger partial charge is 0.262 e. The molecule has 0 atom stereocenters. The molecule has 0 spiro atoms. The van der Waals surface area contributed by atoms with Gasteiger partial charge in [-0.25, -0.2) is 4.98 Å². The van der Waals surface area contributed by atoms with Crippen LogP contribution in [0.4, 0.5) is 5.13 Å². The third-order valence-corrected chi connectivity index (χ3v) is 6.74. The van der Waals surface area contributed by atoms with Crippen LogP contribution in [0.5, 0.6) is 0 Å². The lowest BCUT2D eigenvalue weighted by molar-refractivity contribution is 0.0985. The average molecular weight is 454 g/mol. The van der Waals surface area contributed by atoms with E-state index in [2.05, 4.69) is 4.98 Å². The van der Waals surface area contributed by atoms with Gasteiger partial charge in [0.2, 0.25) is 0 Å². The van der Waals surface area contributed by atoms with Crippen LogP contribution in [-0.4, -0.2) is 10.9 Å². The molecule has 0 saturated heterocycles. The second-order valence-corrected chi connectivity index (χ2v) is 9.40. The van der Waals surface area contributed by atoms with Crippen LogP contribution in [0.1, 0.15) is 15.9 Å². The first-order valence-corrected chi connectivity index (χ1v) is 10.7. The number of amides is 1. The lowest BCUT2D eigenvalue weighted by Crippen LogP contribution is -2.30. The fourth-order valence-corrected chi connectivity index (χ4v) is 5.35. The number of rotatable bonds is 4. The number of thiophene rings is 1. The van der Waals surface area contributed by atoms with E-state index in [1.807, 2.05) is 42.5 Å². The first-order valence-electron chi connectivity index (χ1n) is 7.88. The first kappa shape index (κ1) is 18.7. The lowest BCUT2D eigenvalue weighted by atomic mass is 10.2. The number of nitrogens with zero attached hydrogens (tertiary/aromatic N) is 2. The molecule has 136 valence electrons. The Balaban J connectivity index is 1.80. The molecular formula is C19H11Cl3N2OS2. The number of benzene rings is 2. The molecule has 0 bridgehead atoms. The van der Waals surface area contributed by atoms with Crippen molar-refractivity contribution in [1.29, 1.82) is 0 Å². The molecule has 0 fully saturated rings. The maximum Gasteiger partial charge on any atom is 0.262 e. The highest BCUT2D eigenvalue weighted by atomic mass is 35.5. The Morgan fingerprint density at radius 3 is 2.44 bits per heavy atom. The number of para-hydroxylation sites is 1. The topological polar surface area (TPSA) is 33.2 Å². The molecule has 2 heterocycles. The summed E-state index contributed by atoms with van der Waals surface area (Å²) in [5.74, 6) is -0.248. The highest BCUT2D eigenvalue weighted by Crippen LogP contribution is 2.37. The van der Waals surface area contributed by atoms with E-state index in [-0.39, 0.29) is 5.91 Å². The SMILES string of the molecule is O=C(c1cc(Cl)sc1Cl)N(Cc1ccccc1)c1nc2c(Cl)cccc2s1. The van der Waals surface area contributed by atoms with Crippen molar-refractivity contribution in [3.8, 4) is 0 Å². The summed E-state index contributed by atoms with van der Waals surface area (Å²) in [7, 11) is 0. The number of aromatic nitrogens is 1. The van der Waals surface area contributed by atoms with E-state index < -0.39 is 0 Å². The van der Waals surface area contributed by atoms with Crippen LogP contribution in [0.3, 0.4) is 0 Å². The zero-order valence-corrected chi connectivity index (χ0v) is 17.6. The Bertz CT molecular complexity index is 1120. The second-order valence-electron chi connectivity index (χ2n) is 5.70. The highest BCUT2D eigenvalue weighted by Gasteiger charge is 2.25. The van der Waals surface area contributed by atoms with E-state index in [9.17, 15) is 4.79 Å². The van der Waals surface area contributed by atoms with Crippen LogP contribution in [-0.2, 0) is 6.54 Å². The predicted octanol–water partition coefficient (Wildman–Crippen LogP) is 7.17. The molecule has 0 aliphatic heterocycles. The summed E-state index contributed by atoms with van der Waals surface area (Å²) >= 11 is 21.1. The Kier molecular flexibility index (Phi) is 5.39. The van der Waals surface area contributed by atoms with Crippen molar-refractivity contribution in [2.45, 2.75) is 6.54 Å². The minimum atomic E-state index is -0.248. The normalized spacial score (nSPS) is 11.1. The van der Waals surface area contributed by atoms with Crippen molar-refractivity contribution < 1.29 is 4.79 Å².